The van der Waals surface area contributed by atoms with Crippen LogP contribution in [-0.4, -0.2) is 14.2 Å². The van der Waals surface area contributed by atoms with Gasteiger partial charge in [-0.05, 0) is 36.1 Å². The molecule has 0 spiro atoms. The zero-order valence-corrected chi connectivity index (χ0v) is 12.3. The first kappa shape index (κ1) is 13.9. The van der Waals surface area contributed by atoms with Crippen LogP contribution in [0.2, 0.25) is 0 Å². The Kier molecular flexibility index (Phi) is 4.82. The maximum absolute atomic E-state index is 5.27. The Bertz CT molecular complexity index is 489. The van der Waals surface area contributed by atoms with Crippen molar-refractivity contribution < 1.29 is 9.47 Å². The summed E-state index contributed by atoms with van der Waals surface area (Å²) in [7, 11) is 3.33. The summed E-state index contributed by atoms with van der Waals surface area (Å²) >= 11 is 1.77. The topological polar surface area (TPSA) is 30.5 Å². The van der Waals surface area contributed by atoms with Gasteiger partial charge in [0, 0.05) is 23.5 Å². The van der Waals surface area contributed by atoms with Crippen molar-refractivity contribution in [1.82, 2.24) is 5.32 Å². The maximum atomic E-state index is 5.27. The van der Waals surface area contributed by atoms with E-state index in [1.165, 1.54) is 4.88 Å². The first-order valence-electron chi connectivity index (χ1n) is 6.21. The van der Waals surface area contributed by atoms with E-state index in [1.807, 2.05) is 18.2 Å². The van der Waals surface area contributed by atoms with Gasteiger partial charge < -0.3 is 14.8 Å². The molecule has 102 valence electrons. The van der Waals surface area contributed by atoms with Crippen molar-refractivity contribution in [3.8, 4) is 11.5 Å². The van der Waals surface area contributed by atoms with Gasteiger partial charge >= 0.3 is 0 Å². The van der Waals surface area contributed by atoms with Crippen molar-refractivity contribution in [2.45, 2.75) is 19.5 Å². The van der Waals surface area contributed by atoms with Crippen molar-refractivity contribution in [3.05, 3.63) is 46.2 Å². The highest BCUT2D eigenvalue weighted by Gasteiger charge is 2.07. The Morgan fingerprint density at radius 3 is 2.37 bits per heavy atom. The van der Waals surface area contributed by atoms with Crippen LogP contribution in [0.5, 0.6) is 11.5 Å². The van der Waals surface area contributed by atoms with Gasteiger partial charge in [0.25, 0.3) is 0 Å². The summed E-state index contributed by atoms with van der Waals surface area (Å²) in [6, 6.07) is 10.5. The Hall–Kier alpha value is -1.52. The molecule has 0 amide bonds. The van der Waals surface area contributed by atoms with Crippen LogP contribution in [0.3, 0.4) is 0 Å². The van der Waals surface area contributed by atoms with E-state index in [4.69, 9.17) is 9.47 Å². The molecule has 0 unspecified atom stereocenters. The number of thiophene rings is 1. The lowest BCUT2D eigenvalue weighted by Crippen LogP contribution is -2.17. The van der Waals surface area contributed by atoms with Crippen molar-refractivity contribution >= 4 is 11.3 Å². The third-order valence-electron chi connectivity index (χ3n) is 2.99. The van der Waals surface area contributed by atoms with E-state index in [-0.39, 0.29) is 0 Å². The third-order valence-corrected chi connectivity index (χ3v) is 4.05. The summed E-state index contributed by atoms with van der Waals surface area (Å²) in [6.45, 7) is 2.95. The molecular formula is C15H19NO2S. The fourth-order valence-electron chi connectivity index (χ4n) is 1.88. The molecule has 1 N–H and O–H groups in total. The van der Waals surface area contributed by atoms with Gasteiger partial charge in [0.05, 0.1) is 14.2 Å². The normalized spacial score (nSPS) is 12.2. The van der Waals surface area contributed by atoms with E-state index < -0.39 is 0 Å². The number of ether oxygens (including phenoxy) is 2. The van der Waals surface area contributed by atoms with E-state index in [1.54, 1.807) is 25.6 Å². The van der Waals surface area contributed by atoms with Crippen LogP contribution in [0.4, 0.5) is 0 Å². The molecule has 0 aliphatic heterocycles. The van der Waals surface area contributed by atoms with E-state index in [0.29, 0.717) is 6.04 Å². The molecule has 0 radical (unpaired) electrons. The molecule has 2 rings (SSSR count). The van der Waals surface area contributed by atoms with E-state index in [9.17, 15) is 0 Å². The van der Waals surface area contributed by atoms with Gasteiger partial charge in [-0.2, -0.15) is 0 Å². The SMILES string of the molecule is COc1cc(CN[C@@H](C)c2cccs2)cc(OC)c1. The minimum Gasteiger partial charge on any atom is -0.497 e. The smallest absolute Gasteiger partial charge is 0.122 e. The van der Waals surface area contributed by atoms with Crippen LogP contribution >= 0.6 is 11.3 Å². The zero-order chi connectivity index (χ0) is 13.7. The van der Waals surface area contributed by atoms with Gasteiger partial charge in [-0.3, -0.25) is 0 Å². The van der Waals surface area contributed by atoms with Crippen LogP contribution in [0.15, 0.2) is 35.7 Å². The minimum absolute atomic E-state index is 0.345. The van der Waals surface area contributed by atoms with Gasteiger partial charge in [0.2, 0.25) is 0 Å². The molecule has 0 saturated carbocycles. The summed E-state index contributed by atoms with van der Waals surface area (Å²) in [6.07, 6.45) is 0. The molecule has 4 heteroatoms. The van der Waals surface area contributed by atoms with Crippen LogP contribution < -0.4 is 14.8 Å². The number of rotatable bonds is 6. The lowest BCUT2D eigenvalue weighted by atomic mass is 10.2. The molecule has 1 heterocycles. The molecule has 1 atom stereocenters. The van der Waals surface area contributed by atoms with E-state index in [0.717, 1.165) is 23.6 Å². The van der Waals surface area contributed by atoms with Crippen molar-refractivity contribution in [3.63, 3.8) is 0 Å². The van der Waals surface area contributed by atoms with Crippen molar-refractivity contribution in [2.24, 2.45) is 0 Å². The summed E-state index contributed by atoms with van der Waals surface area (Å²) < 4.78 is 10.5. The fourth-order valence-corrected chi connectivity index (χ4v) is 2.64. The van der Waals surface area contributed by atoms with Gasteiger partial charge in [-0.25, -0.2) is 0 Å². The molecule has 0 saturated heterocycles. The highest BCUT2D eigenvalue weighted by molar-refractivity contribution is 7.10. The van der Waals surface area contributed by atoms with Crippen molar-refractivity contribution in [1.29, 1.82) is 0 Å². The maximum Gasteiger partial charge on any atom is 0.122 e. The number of benzene rings is 1. The third kappa shape index (κ3) is 3.72. The van der Waals surface area contributed by atoms with E-state index >= 15 is 0 Å². The summed E-state index contributed by atoms with van der Waals surface area (Å²) in [5.74, 6) is 1.64. The minimum atomic E-state index is 0.345. The molecule has 1 aromatic carbocycles. The molecule has 3 nitrogen and oxygen atoms in total. The average Bonchev–Trinajstić information content (AvgIpc) is 2.98. The molecule has 0 fully saturated rings. The highest BCUT2D eigenvalue weighted by Crippen LogP contribution is 2.23. The molecule has 2 aromatic rings. The summed E-state index contributed by atoms with van der Waals surface area (Å²) in [4.78, 5) is 1.34. The molecule has 1 aromatic heterocycles. The molecule has 19 heavy (non-hydrogen) atoms. The Morgan fingerprint density at radius 2 is 1.84 bits per heavy atom. The lowest BCUT2D eigenvalue weighted by Gasteiger charge is -2.13. The second-order valence-electron chi connectivity index (χ2n) is 4.34. The quantitative estimate of drug-likeness (QED) is 0.875. The number of methoxy groups -OCH3 is 2. The van der Waals surface area contributed by atoms with Gasteiger partial charge in [0.1, 0.15) is 11.5 Å². The predicted octanol–water partition coefficient (Wildman–Crippen LogP) is 3.62. The molecule has 0 aliphatic carbocycles. The first-order valence-corrected chi connectivity index (χ1v) is 7.09. The van der Waals surface area contributed by atoms with Crippen LogP contribution in [0, 0.1) is 0 Å². The van der Waals surface area contributed by atoms with Gasteiger partial charge in [0.15, 0.2) is 0 Å². The van der Waals surface area contributed by atoms with Crippen molar-refractivity contribution in [2.75, 3.05) is 14.2 Å². The molecular weight excluding hydrogens is 258 g/mol. The predicted molar refractivity (Wildman–Crippen MR) is 79.1 cm³/mol. The molecule has 0 bridgehead atoms. The number of hydrogen-bond donors (Lipinski definition) is 1. The number of nitrogens with one attached hydrogen (secondary N) is 1. The standard InChI is InChI=1S/C15H19NO2S/c1-11(15-5-4-6-19-15)16-10-12-7-13(17-2)9-14(8-12)18-3/h4-9,11,16H,10H2,1-3H3/t11-/m0/s1. The van der Waals surface area contributed by atoms with Crippen LogP contribution in [0.1, 0.15) is 23.4 Å². The highest BCUT2D eigenvalue weighted by atomic mass is 32.1. The zero-order valence-electron chi connectivity index (χ0n) is 11.5. The van der Waals surface area contributed by atoms with Gasteiger partial charge in [-0.15, -0.1) is 11.3 Å². The average molecular weight is 277 g/mol. The van der Waals surface area contributed by atoms with Gasteiger partial charge in [-0.1, -0.05) is 6.07 Å². The second kappa shape index (κ2) is 6.59. The lowest BCUT2D eigenvalue weighted by molar-refractivity contribution is 0.393. The Balaban J connectivity index is 2.02. The Morgan fingerprint density at radius 1 is 1.16 bits per heavy atom. The number of hydrogen-bond acceptors (Lipinski definition) is 4. The first-order chi connectivity index (χ1) is 9.22. The largest absolute Gasteiger partial charge is 0.497 e. The van der Waals surface area contributed by atoms with Crippen LogP contribution in [-0.2, 0) is 6.54 Å². The summed E-state index contributed by atoms with van der Waals surface area (Å²) in [5, 5.41) is 5.60. The monoisotopic (exact) mass is 277 g/mol. The molecule has 0 aliphatic rings. The Labute approximate surface area is 118 Å². The summed E-state index contributed by atoms with van der Waals surface area (Å²) in [5.41, 5.74) is 1.15. The van der Waals surface area contributed by atoms with E-state index in [2.05, 4.69) is 29.8 Å². The fraction of sp³-hybridized carbons (Fsp3) is 0.333. The second-order valence-corrected chi connectivity index (χ2v) is 5.32. The van der Waals surface area contributed by atoms with Crippen LogP contribution in [0.25, 0.3) is 0 Å².